The topological polar surface area (TPSA) is 64.7 Å². The number of aryl methyl sites for hydroxylation is 2. The molecule has 1 aromatic carbocycles. The number of benzene rings is 1. The summed E-state index contributed by atoms with van der Waals surface area (Å²) in [5.41, 5.74) is 1.79. The van der Waals surface area contributed by atoms with E-state index in [-0.39, 0.29) is 5.91 Å². The number of halogens is 3. The Hall–Kier alpha value is -1.83. The van der Waals surface area contributed by atoms with E-state index in [9.17, 15) is 4.79 Å². The van der Waals surface area contributed by atoms with Crippen LogP contribution in [0.5, 0.6) is 0 Å². The average molecular weight is 457 g/mol. The van der Waals surface area contributed by atoms with Gasteiger partial charge < -0.3 is 5.32 Å². The summed E-state index contributed by atoms with van der Waals surface area (Å²) in [6.45, 7) is 2.89. The highest BCUT2D eigenvalue weighted by molar-refractivity contribution is 9.10. The van der Waals surface area contributed by atoms with Crippen molar-refractivity contribution < 1.29 is 4.79 Å². The van der Waals surface area contributed by atoms with E-state index < -0.39 is 0 Å². The molecule has 0 fully saturated rings. The first-order valence-electron chi connectivity index (χ1n) is 7.87. The zero-order valence-electron chi connectivity index (χ0n) is 13.9. The number of anilines is 1. The Morgan fingerprint density at radius 2 is 2.04 bits per heavy atom. The van der Waals surface area contributed by atoms with Crippen molar-refractivity contribution in [3.63, 3.8) is 0 Å². The number of nitrogens with one attached hydrogen (secondary N) is 1. The number of rotatable bonds is 6. The largest absolute Gasteiger partial charge is 0.309 e. The van der Waals surface area contributed by atoms with Crippen molar-refractivity contribution in [2.75, 3.05) is 5.32 Å². The number of amides is 1. The summed E-state index contributed by atoms with van der Waals surface area (Å²) in [6.07, 6.45) is 3.95. The van der Waals surface area contributed by atoms with E-state index in [0.29, 0.717) is 35.4 Å². The lowest BCUT2D eigenvalue weighted by molar-refractivity contribution is -0.116. The molecular formula is C17H16BrCl2N5O. The zero-order valence-corrected chi connectivity index (χ0v) is 17.0. The number of aromatic nitrogens is 4. The minimum absolute atomic E-state index is 0.121. The first kappa shape index (κ1) is 18.9. The summed E-state index contributed by atoms with van der Waals surface area (Å²) < 4.78 is 4.37. The van der Waals surface area contributed by atoms with Crippen molar-refractivity contribution in [1.82, 2.24) is 19.6 Å². The van der Waals surface area contributed by atoms with Crippen LogP contribution in [0, 0.1) is 6.92 Å². The molecule has 0 spiro atoms. The second kappa shape index (κ2) is 8.24. The fourth-order valence-corrected chi connectivity index (χ4v) is 3.15. The van der Waals surface area contributed by atoms with E-state index in [2.05, 4.69) is 31.4 Å². The van der Waals surface area contributed by atoms with Crippen LogP contribution < -0.4 is 5.32 Å². The fraction of sp³-hybridized carbons (Fsp3) is 0.235. The molecule has 0 unspecified atom stereocenters. The monoisotopic (exact) mass is 455 g/mol. The first-order valence-corrected chi connectivity index (χ1v) is 9.42. The van der Waals surface area contributed by atoms with Crippen molar-refractivity contribution in [2.45, 2.75) is 26.4 Å². The van der Waals surface area contributed by atoms with Crippen molar-refractivity contribution >= 4 is 50.9 Å². The van der Waals surface area contributed by atoms with Crippen LogP contribution in [-0.4, -0.2) is 25.5 Å². The molecule has 9 heteroatoms. The van der Waals surface area contributed by atoms with Crippen LogP contribution in [0.2, 0.25) is 10.0 Å². The van der Waals surface area contributed by atoms with Gasteiger partial charge in [0.2, 0.25) is 5.91 Å². The first-order chi connectivity index (χ1) is 12.4. The molecule has 1 N–H and O–H groups in total. The summed E-state index contributed by atoms with van der Waals surface area (Å²) in [5.74, 6) is 0.377. The van der Waals surface area contributed by atoms with Gasteiger partial charge in [0.1, 0.15) is 0 Å². The lowest BCUT2D eigenvalue weighted by Crippen LogP contribution is -2.15. The van der Waals surface area contributed by atoms with Crippen LogP contribution in [0.1, 0.15) is 17.7 Å². The molecule has 0 bridgehead atoms. The van der Waals surface area contributed by atoms with Crippen molar-refractivity contribution in [3.8, 4) is 0 Å². The van der Waals surface area contributed by atoms with Gasteiger partial charge in [-0.25, -0.2) is 0 Å². The van der Waals surface area contributed by atoms with Gasteiger partial charge in [-0.1, -0.05) is 29.3 Å². The van der Waals surface area contributed by atoms with E-state index in [1.165, 1.54) is 0 Å². The SMILES string of the molecule is Cc1nn(CCC(=O)Nc2ccn(Cc3ccc(Cl)cc3Cl)n2)cc1Br. The molecule has 6 nitrogen and oxygen atoms in total. The van der Waals surface area contributed by atoms with E-state index >= 15 is 0 Å². The van der Waals surface area contributed by atoms with Gasteiger partial charge in [-0.3, -0.25) is 14.2 Å². The number of carbonyl (C=O) groups excluding carboxylic acids is 1. The van der Waals surface area contributed by atoms with Gasteiger partial charge >= 0.3 is 0 Å². The van der Waals surface area contributed by atoms with Crippen LogP contribution >= 0.6 is 39.1 Å². The van der Waals surface area contributed by atoms with Crippen molar-refractivity contribution in [1.29, 1.82) is 0 Å². The highest BCUT2D eigenvalue weighted by Gasteiger charge is 2.09. The summed E-state index contributed by atoms with van der Waals surface area (Å²) in [6, 6.07) is 7.08. The zero-order chi connectivity index (χ0) is 18.7. The van der Waals surface area contributed by atoms with Crippen LogP contribution in [-0.2, 0) is 17.9 Å². The van der Waals surface area contributed by atoms with E-state index in [0.717, 1.165) is 15.7 Å². The molecule has 3 aromatic rings. The second-order valence-electron chi connectivity index (χ2n) is 5.76. The maximum atomic E-state index is 12.1. The molecule has 2 aromatic heterocycles. The number of carbonyl (C=O) groups is 1. The molecule has 0 atom stereocenters. The molecule has 3 rings (SSSR count). The predicted molar refractivity (Wildman–Crippen MR) is 106 cm³/mol. The normalized spacial score (nSPS) is 10.9. The molecule has 2 heterocycles. The molecule has 1 amide bonds. The van der Waals surface area contributed by atoms with E-state index in [1.807, 2.05) is 19.2 Å². The highest BCUT2D eigenvalue weighted by Crippen LogP contribution is 2.22. The Morgan fingerprint density at radius 3 is 2.73 bits per heavy atom. The lowest BCUT2D eigenvalue weighted by Gasteiger charge is -2.05. The second-order valence-corrected chi connectivity index (χ2v) is 7.46. The standard InChI is InChI=1S/C17H16BrCl2N5O/c1-11-14(18)10-25(22-11)7-5-17(26)21-16-4-6-24(23-16)9-12-2-3-13(19)8-15(12)20/h2-4,6,8,10H,5,7,9H2,1H3,(H,21,23,26). The van der Waals surface area contributed by atoms with Crippen molar-refractivity contribution in [2.24, 2.45) is 0 Å². The van der Waals surface area contributed by atoms with Crippen LogP contribution in [0.25, 0.3) is 0 Å². The van der Waals surface area contributed by atoms with Gasteiger partial charge in [-0.15, -0.1) is 0 Å². The highest BCUT2D eigenvalue weighted by atomic mass is 79.9. The van der Waals surface area contributed by atoms with Crippen molar-refractivity contribution in [3.05, 3.63) is 62.4 Å². The van der Waals surface area contributed by atoms with E-state index in [4.69, 9.17) is 23.2 Å². The third-order valence-electron chi connectivity index (χ3n) is 3.71. The fourth-order valence-electron chi connectivity index (χ4n) is 2.37. The maximum Gasteiger partial charge on any atom is 0.227 e. The molecule has 26 heavy (non-hydrogen) atoms. The number of hydrogen-bond donors (Lipinski definition) is 1. The quantitative estimate of drug-likeness (QED) is 0.592. The van der Waals surface area contributed by atoms with Gasteiger partial charge in [-0.2, -0.15) is 10.2 Å². The molecule has 0 aliphatic rings. The summed E-state index contributed by atoms with van der Waals surface area (Å²) in [4.78, 5) is 12.1. The average Bonchev–Trinajstić information content (AvgIpc) is 3.15. The van der Waals surface area contributed by atoms with Crippen LogP contribution in [0.3, 0.4) is 0 Å². The Kier molecular flexibility index (Phi) is 6.01. The lowest BCUT2D eigenvalue weighted by atomic mass is 10.2. The van der Waals surface area contributed by atoms with Gasteiger partial charge in [0.15, 0.2) is 5.82 Å². The number of nitrogens with zero attached hydrogens (tertiary/aromatic N) is 4. The summed E-state index contributed by atoms with van der Waals surface area (Å²) in [5, 5.41) is 12.6. The Morgan fingerprint density at radius 1 is 1.23 bits per heavy atom. The Labute approximate surface area is 169 Å². The van der Waals surface area contributed by atoms with Gasteiger partial charge in [0, 0.05) is 41.5 Å². The Bertz CT molecular complexity index is 918. The third kappa shape index (κ3) is 4.87. The summed E-state index contributed by atoms with van der Waals surface area (Å²) >= 11 is 15.5. The predicted octanol–water partition coefficient (Wildman–Crippen LogP) is 4.53. The van der Waals surface area contributed by atoms with Gasteiger partial charge in [-0.05, 0) is 40.5 Å². The smallest absolute Gasteiger partial charge is 0.227 e. The maximum absolute atomic E-state index is 12.1. The van der Waals surface area contributed by atoms with Crippen LogP contribution in [0.4, 0.5) is 5.82 Å². The van der Waals surface area contributed by atoms with Gasteiger partial charge in [0.25, 0.3) is 0 Å². The van der Waals surface area contributed by atoms with Crippen LogP contribution in [0.15, 0.2) is 41.1 Å². The summed E-state index contributed by atoms with van der Waals surface area (Å²) in [7, 11) is 0. The molecule has 0 aliphatic carbocycles. The molecule has 0 saturated carbocycles. The molecule has 0 saturated heterocycles. The molecule has 0 aliphatic heterocycles. The number of hydrogen-bond acceptors (Lipinski definition) is 3. The molecule has 0 radical (unpaired) electrons. The molecule has 136 valence electrons. The van der Waals surface area contributed by atoms with Gasteiger partial charge in [0.05, 0.1) is 16.7 Å². The van der Waals surface area contributed by atoms with E-state index in [1.54, 1.807) is 33.8 Å². The minimum Gasteiger partial charge on any atom is -0.309 e. The minimum atomic E-state index is -0.121. The molecular weight excluding hydrogens is 441 g/mol. The Balaban J connectivity index is 1.55. The third-order valence-corrected chi connectivity index (χ3v) is 5.08.